The van der Waals surface area contributed by atoms with Gasteiger partial charge in [-0.3, -0.25) is 0 Å². The van der Waals surface area contributed by atoms with Crippen LogP contribution in [0.3, 0.4) is 0 Å². The van der Waals surface area contributed by atoms with Crippen molar-refractivity contribution in [3.63, 3.8) is 0 Å². The Hall–Kier alpha value is -3.04. The van der Waals surface area contributed by atoms with Crippen molar-refractivity contribution in [2.24, 2.45) is 0 Å². The Balaban J connectivity index is 0.000000533. The summed E-state index contributed by atoms with van der Waals surface area (Å²) in [6.07, 6.45) is 0.285. The summed E-state index contributed by atoms with van der Waals surface area (Å²) in [6, 6.07) is 20.8. The molecule has 0 aliphatic heterocycles. The fourth-order valence-corrected chi connectivity index (χ4v) is 3.85. The Kier molecular flexibility index (Phi) is 15.2. The van der Waals surface area contributed by atoms with Crippen LogP contribution in [0.5, 0.6) is 0 Å². The number of aliphatic carboxylic acids is 2. The summed E-state index contributed by atoms with van der Waals surface area (Å²) in [5.41, 5.74) is 2.64. The lowest BCUT2D eigenvalue weighted by Crippen LogP contribution is -2.43. The number of carboxylic acid groups (broad SMARTS) is 2. The van der Waals surface area contributed by atoms with Crippen molar-refractivity contribution < 1.29 is 39.0 Å². The molecule has 0 spiro atoms. The topological polar surface area (TPSA) is 121 Å². The quantitative estimate of drug-likeness (QED) is 0.357. The lowest BCUT2D eigenvalue weighted by Gasteiger charge is -2.31. The summed E-state index contributed by atoms with van der Waals surface area (Å²) in [5.74, 6) is -3.09. The zero-order valence-electron chi connectivity index (χ0n) is 22.3. The molecule has 200 valence electrons. The molecule has 0 bridgehead atoms. The maximum absolute atomic E-state index is 9.41. The summed E-state index contributed by atoms with van der Waals surface area (Å²) in [5, 5.41) is 37.5. The molecule has 0 aliphatic carbocycles. The van der Waals surface area contributed by atoms with Crippen molar-refractivity contribution in [2.75, 3.05) is 41.3 Å². The molecular weight excluding hydrogens is 460 g/mol. The summed E-state index contributed by atoms with van der Waals surface area (Å²) >= 11 is 0. The smallest absolute Gasteiger partial charge is 0.105 e. The second-order valence-corrected chi connectivity index (χ2v) is 10.2. The normalized spacial score (nSPS) is 13.0. The average molecular weight is 503 g/mol. The van der Waals surface area contributed by atoms with Crippen LogP contribution in [0.1, 0.15) is 25.0 Å². The van der Waals surface area contributed by atoms with Gasteiger partial charge in [-0.25, -0.2) is 0 Å². The predicted molar refractivity (Wildman–Crippen MR) is 137 cm³/mol. The van der Waals surface area contributed by atoms with Gasteiger partial charge in [-0.1, -0.05) is 60.7 Å². The average Bonchev–Trinajstić information content (AvgIpc) is 2.72. The number of aliphatic hydroxyl groups is 2. The molecular formula is C28H42N2O6. The molecule has 0 saturated carbocycles. The van der Waals surface area contributed by atoms with Gasteiger partial charge in [0.25, 0.3) is 0 Å². The number of carbonyl (C=O) groups is 2. The minimum Gasteiger partial charge on any atom is -0.545 e. The van der Waals surface area contributed by atoms with Gasteiger partial charge in [0.05, 0.1) is 40.1 Å². The Morgan fingerprint density at radius 1 is 0.694 bits per heavy atom. The van der Waals surface area contributed by atoms with E-state index in [1.165, 1.54) is 11.1 Å². The van der Waals surface area contributed by atoms with E-state index < -0.39 is 11.9 Å². The van der Waals surface area contributed by atoms with Gasteiger partial charge in [0.1, 0.15) is 38.4 Å². The van der Waals surface area contributed by atoms with E-state index in [9.17, 15) is 30.0 Å². The van der Waals surface area contributed by atoms with Crippen molar-refractivity contribution in [1.29, 1.82) is 0 Å². The molecule has 8 heteroatoms. The van der Waals surface area contributed by atoms with Gasteiger partial charge in [0.2, 0.25) is 0 Å². The second-order valence-electron chi connectivity index (χ2n) is 10.2. The van der Waals surface area contributed by atoms with Crippen LogP contribution in [0.4, 0.5) is 0 Å². The highest BCUT2D eigenvalue weighted by atomic mass is 16.4. The highest BCUT2D eigenvalue weighted by Gasteiger charge is 2.18. The van der Waals surface area contributed by atoms with Gasteiger partial charge in [0.15, 0.2) is 0 Å². The van der Waals surface area contributed by atoms with Gasteiger partial charge < -0.3 is 39.0 Å². The maximum atomic E-state index is 9.41. The van der Waals surface area contributed by atoms with E-state index in [0.29, 0.717) is 12.2 Å². The van der Waals surface area contributed by atoms with E-state index in [2.05, 4.69) is 76.7 Å². The van der Waals surface area contributed by atoms with Gasteiger partial charge >= 0.3 is 0 Å². The van der Waals surface area contributed by atoms with E-state index in [1.807, 2.05) is 26.0 Å². The third-order valence-electron chi connectivity index (χ3n) is 4.78. The molecule has 2 atom stereocenters. The lowest BCUT2D eigenvalue weighted by molar-refractivity contribution is -0.906. The lowest BCUT2D eigenvalue weighted by atomic mass is 10.2. The standard InChI is InChI=1S/2C12H20NO.C4H4O4/c2*1-11(14)9-13(2,3)10-12-7-5-4-6-8-12;5-3(6)1-2-4(7)8/h2*4-8,11,14H,9-10H2,1-3H3;1-2H,(H,5,6)(H,7,8)/q2*+1;/p-2. The zero-order chi connectivity index (χ0) is 27.8. The van der Waals surface area contributed by atoms with Crippen molar-refractivity contribution in [3.05, 3.63) is 83.9 Å². The zero-order valence-corrected chi connectivity index (χ0v) is 22.3. The number of quaternary nitrogens is 2. The predicted octanol–water partition coefficient (Wildman–Crippen LogP) is 0.330. The van der Waals surface area contributed by atoms with Crippen LogP contribution < -0.4 is 10.2 Å². The molecule has 8 nitrogen and oxygen atoms in total. The van der Waals surface area contributed by atoms with Gasteiger partial charge in [-0.05, 0) is 26.0 Å². The molecule has 0 aliphatic rings. The monoisotopic (exact) mass is 502 g/mol. The molecule has 2 N–H and O–H groups in total. The Labute approximate surface area is 215 Å². The van der Waals surface area contributed by atoms with Crippen LogP contribution in [-0.2, 0) is 22.7 Å². The number of rotatable bonds is 10. The fraction of sp³-hybridized carbons (Fsp3) is 0.429. The van der Waals surface area contributed by atoms with Crippen LogP contribution >= 0.6 is 0 Å². The minimum absolute atomic E-state index is 0.242. The van der Waals surface area contributed by atoms with Crippen molar-refractivity contribution >= 4 is 11.9 Å². The maximum Gasteiger partial charge on any atom is 0.105 e. The molecule has 0 aromatic heterocycles. The summed E-state index contributed by atoms with van der Waals surface area (Å²) in [7, 11) is 8.55. The number of hydrogen-bond donors (Lipinski definition) is 2. The third kappa shape index (κ3) is 19.3. The number of nitrogens with zero attached hydrogens (tertiary/aromatic N) is 2. The van der Waals surface area contributed by atoms with Gasteiger partial charge in [-0.2, -0.15) is 0 Å². The Morgan fingerprint density at radius 3 is 1.19 bits per heavy atom. The summed E-state index contributed by atoms with van der Waals surface area (Å²) < 4.78 is 1.64. The van der Waals surface area contributed by atoms with Crippen molar-refractivity contribution in [1.82, 2.24) is 0 Å². The van der Waals surface area contributed by atoms with Gasteiger partial charge in [0, 0.05) is 11.1 Å². The molecule has 2 rings (SSSR count). The van der Waals surface area contributed by atoms with Crippen molar-refractivity contribution in [2.45, 2.75) is 39.1 Å². The van der Waals surface area contributed by atoms with Crippen LogP contribution in [0.15, 0.2) is 72.8 Å². The number of likely N-dealkylation sites (N-methyl/N-ethyl adjacent to an activating group) is 2. The van der Waals surface area contributed by atoms with E-state index >= 15 is 0 Å². The number of aliphatic hydroxyl groups excluding tert-OH is 2. The molecule has 0 radical (unpaired) electrons. The summed E-state index contributed by atoms with van der Waals surface area (Å²) in [6.45, 7) is 7.18. The third-order valence-corrected chi connectivity index (χ3v) is 4.78. The summed E-state index contributed by atoms with van der Waals surface area (Å²) in [4.78, 5) is 18.8. The van der Waals surface area contributed by atoms with Crippen LogP contribution in [-0.4, -0.2) is 84.6 Å². The first-order valence-electron chi connectivity index (χ1n) is 11.8. The Bertz CT molecular complexity index is 835. The van der Waals surface area contributed by atoms with Crippen LogP contribution in [0.2, 0.25) is 0 Å². The molecule has 2 aromatic rings. The number of benzene rings is 2. The van der Waals surface area contributed by atoms with Gasteiger partial charge in [-0.15, -0.1) is 0 Å². The molecule has 2 aromatic carbocycles. The number of carboxylic acids is 2. The number of hydrogen-bond acceptors (Lipinski definition) is 6. The molecule has 0 amide bonds. The van der Waals surface area contributed by atoms with Crippen LogP contribution in [0.25, 0.3) is 0 Å². The molecule has 0 saturated heterocycles. The molecule has 2 unspecified atom stereocenters. The highest BCUT2D eigenvalue weighted by Crippen LogP contribution is 2.10. The van der Waals surface area contributed by atoms with E-state index in [1.54, 1.807) is 0 Å². The molecule has 0 fully saturated rings. The first kappa shape index (κ1) is 33.0. The largest absolute Gasteiger partial charge is 0.545 e. The second kappa shape index (κ2) is 16.6. The number of carbonyl (C=O) groups excluding carboxylic acids is 2. The Morgan fingerprint density at radius 2 is 0.972 bits per heavy atom. The molecule has 36 heavy (non-hydrogen) atoms. The molecule has 0 heterocycles. The SMILES string of the molecule is CC(O)C[N+](C)(C)Cc1ccccc1.CC(O)C[N+](C)(C)Cc1ccccc1.O=C([O-])C=CC(=O)[O-]. The van der Waals surface area contributed by atoms with Crippen molar-refractivity contribution in [3.8, 4) is 0 Å². The van der Waals surface area contributed by atoms with E-state index in [-0.39, 0.29) is 12.2 Å². The van der Waals surface area contributed by atoms with E-state index in [0.717, 1.165) is 35.1 Å². The highest BCUT2D eigenvalue weighted by molar-refractivity contribution is 5.87. The minimum atomic E-state index is -1.55. The van der Waals surface area contributed by atoms with Crippen LogP contribution in [0, 0.1) is 0 Å². The van der Waals surface area contributed by atoms with E-state index in [4.69, 9.17) is 0 Å². The fourth-order valence-electron chi connectivity index (χ4n) is 3.85. The first-order chi connectivity index (χ1) is 16.6. The first-order valence-corrected chi connectivity index (χ1v) is 11.8.